The molecule has 3 aromatic heterocycles. The van der Waals surface area contributed by atoms with Crippen molar-refractivity contribution in [2.45, 2.75) is 0 Å². The summed E-state index contributed by atoms with van der Waals surface area (Å²) in [5.41, 5.74) is -0.221. The van der Waals surface area contributed by atoms with E-state index >= 15 is 0 Å². The molecule has 0 bridgehead atoms. The van der Waals surface area contributed by atoms with Gasteiger partial charge in [0.15, 0.2) is 5.76 Å². The summed E-state index contributed by atoms with van der Waals surface area (Å²) in [4.78, 5) is 30.8. The minimum absolute atomic E-state index is 0.124. The molecule has 0 saturated carbocycles. The topological polar surface area (TPSA) is 105 Å². The molecule has 3 heterocycles. The Bertz CT molecular complexity index is 1110. The van der Waals surface area contributed by atoms with Gasteiger partial charge in [-0.1, -0.05) is 0 Å². The summed E-state index contributed by atoms with van der Waals surface area (Å²) < 4.78 is 19.5. The van der Waals surface area contributed by atoms with Crippen molar-refractivity contribution < 1.29 is 13.6 Å². The lowest BCUT2D eigenvalue weighted by Crippen LogP contribution is -2.18. The molecule has 0 radical (unpaired) electrons. The highest BCUT2D eigenvalue weighted by Gasteiger charge is 2.15. The van der Waals surface area contributed by atoms with E-state index in [0.717, 1.165) is 0 Å². The molecule has 0 aliphatic heterocycles. The van der Waals surface area contributed by atoms with Crippen molar-refractivity contribution in [1.29, 1.82) is 0 Å². The number of aromatic amines is 1. The molecular formula is C16H10FN5O3. The predicted molar refractivity (Wildman–Crippen MR) is 85.7 cm³/mol. The number of rotatable bonds is 3. The number of nitrogens with one attached hydrogen (secondary N) is 2. The summed E-state index contributed by atoms with van der Waals surface area (Å²) in [5, 5.41) is 6.79. The molecule has 8 nitrogen and oxygen atoms in total. The van der Waals surface area contributed by atoms with Crippen LogP contribution in [0.25, 0.3) is 17.4 Å². The molecule has 1 aromatic carbocycles. The summed E-state index contributed by atoms with van der Waals surface area (Å²) in [6, 6.07) is 9.55. The predicted octanol–water partition coefficient (Wildman–Crippen LogP) is 2.07. The summed E-state index contributed by atoms with van der Waals surface area (Å²) in [7, 11) is 0. The summed E-state index contributed by atoms with van der Waals surface area (Å²) >= 11 is 0. The molecule has 1 amide bonds. The Balaban J connectivity index is 1.74. The second-order valence-electron chi connectivity index (χ2n) is 5.13. The van der Waals surface area contributed by atoms with Gasteiger partial charge in [0.25, 0.3) is 11.5 Å². The van der Waals surface area contributed by atoms with Crippen LogP contribution in [0.4, 0.5) is 10.2 Å². The molecule has 0 unspecified atom stereocenters. The minimum Gasteiger partial charge on any atom is -0.461 e. The normalized spacial score (nSPS) is 10.9. The number of halogens is 1. The summed E-state index contributed by atoms with van der Waals surface area (Å²) in [6.45, 7) is 0. The molecule has 2 N–H and O–H groups in total. The van der Waals surface area contributed by atoms with Crippen molar-refractivity contribution >= 4 is 17.5 Å². The van der Waals surface area contributed by atoms with E-state index in [1.54, 1.807) is 12.1 Å². The average Bonchev–Trinajstić information content (AvgIpc) is 3.24. The number of hydrogen-bond donors (Lipinski definition) is 2. The standard InChI is InChI=1S/C16H10FN5O3/c17-10-5-3-9(4-6-10)15(24)18-12-8-13(23)19-16-20-14(21-22(12)16)11-2-1-7-25-11/h1-8H,(H,18,24)(H,19,20,21,23). The van der Waals surface area contributed by atoms with E-state index in [9.17, 15) is 14.0 Å². The maximum Gasteiger partial charge on any atom is 0.256 e. The molecule has 124 valence electrons. The van der Waals surface area contributed by atoms with E-state index in [0.29, 0.717) is 5.76 Å². The first-order valence-electron chi connectivity index (χ1n) is 7.21. The van der Waals surface area contributed by atoms with Gasteiger partial charge >= 0.3 is 0 Å². The fraction of sp³-hybridized carbons (Fsp3) is 0. The number of nitrogens with zero attached hydrogens (tertiary/aromatic N) is 3. The van der Waals surface area contributed by atoms with E-state index in [-0.39, 0.29) is 23.0 Å². The maximum atomic E-state index is 13.0. The van der Waals surface area contributed by atoms with Crippen molar-refractivity contribution in [1.82, 2.24) is 19.6 Å². The molecule has 0 saturated heterocycles. The third-order valence-corrected chi connectivity index (χ3v) is 3.43. The first-order valence-corrected chi connectivity index (χ1v) is 7.21. The van der Waals surface area contributed by atoms with E-state index in [4.69, 9.17) is 4.42 Å². The van der Waals surface area contributed by atoms with Crippen LogP contribution in [0.1, 0.15) is 10.4 Å². The van der Waals surface area contributed by atoms with Gasteiger partial charge in [-0.2, -0.15) is 9.50 Å². The van der Waals surface area contributed by atoms with Gasteiger partial charge in [0.1, 0.15) is 11.6 Å². The molecule has 0 aliphatic carbocycles. The first kappa shape index (κ1) is 14.8. The van der Waals surface area contributed by atoms with Crippen LogP contribution >= 0.6 is 0 Å². The maximum absolute atomic E-state index is 13.0. The second kappa shape index (κ2) is 5.71. The zero-order valence-electron chi connectivity index (χ0n) is 12.6. The van der Waals surface area contributed by atoms with Crippen LogP contribution in [0.3, 0.4) is 0 Å². The van der Waals surface area contributed by atoms with E-state index in [1.807, 2.05) is 0 Å². The Kier molecular flexibility index (Phi) is 3.38. The van der Waals surface area contributed by atoms with Gasteiger partial charge < -0.3 is 9.73 Å². The van der Waals surface area contributed by atoms with Crippen LogP contribution in [-0.2, 0) is 0 Å². The Labute approximate surface area is 138 Å². The van der Waals surface area contributed by atoms with Gasteiger partial charge in [-0.25, -0.2) is 4.39 Å². The molecule has 4 aromatic rings. The quantitative estimate of drug-likeness (QED) is 0.594. The smallest absolute Gasteiger partial charge is 0.256 e. The molecule has 9 heteroatoms. The van der Waals surface area contributed by atoms with Crippen molar-refractivity contribution in [3.63, 3.8) is 0 Å². The second-order valence-corrected chi connectivity index (χ2v) is 5.13. The van der Waals surface area contributed by atoms with Crippen LogP contribution in [0.15, 0.2) is 57.9 Å². The lowest BCUT2D eigenvalue weighted by atomic mass is 10.2. The molecule has 0 spiro atoms. The van der Waals surface area contributed by atoms with Gasteiger partial charge in [0, 0.05) is 11.6 Å². The number of H-pyrrole nitrogens is 1. The third kappa shape index (κ3) is 2.78. The largest absolute Gasteiger partial charge is 0.461 e. The Morgan fingerprint density at radius 1 is 1.24 bits per heavy atom. The Morgan fingerprint density at radius 2 is 2.04 bits per heavy atom. The molecule has 0 fully saturated rings. The highest BCUT2D eigenvalue weighted by molar-refractivity contribution is 6.03. The number of benzene rings is 1. The fourth-order valence-electron chi connectivity index (χ4n) is 2.28. The van der Waals surface area contributed by atoms with Gasteiger partial charge in [-0.3, -0.25) is 14.6 Å². The number of carbonyl (C=O) groups is 1. The van der Waals surface area contributed by atoms with Gasteiger partial charge in [-0.05, 0) is 36.4 Å². The number of hydrogen-bond acceptors (Lipinski definition) is 5. The van der Waals surface area contributed by atoms with Crippen molar-refractivity contribution in [2.24, 2.45) is 0 Å². The third-order valence-electron chi connectivity index (χ3n) is 3.43. The van der Waals surface area contributed by atoms with Gasteiger partial charge in [0.2, 0.25) is 11.6 Å². The van der Waals surface area contributed by atoms with Crippen LogP contribution < -0.4 is 10.9 Å². The number of aromatic nitrogens is 4. The molecule has 0 atom stereocenters. The minimum atomic E-state index is -0.512. The Hall–Kier alpha value is -3.75. The zero-order chi connectivity index (χ0) is 17.4. The Morgan fingerprint density at radius 3 is 2.76 bits per heavy atom. The van der Waals surface area contributed by atoms with Gasteiger partial charge in [-0.15, -0.1) is 5.10 Å². The average molecular weight is 339 g/mol. The SMILES string of the molecule is O=C(Nc1cc(=O)[nH]c2nc(-c3ccco3)nn12)c1ccc(F)cc1. The number of carbonyl (C=O) groups excluding carboxylic acids is 1. The van der Waals surface area contributed by atoms with Crippen molar-refractivity contribution in [3.05, 3.63) is 70.5 Å². The highest BCUT2D eigenvalue weighted by atomic mass is 19.1. The lowest BCUT2D eigenvalue weighted by molar-refractivity contribution is 0.102. The van der Waals surface area contributed by atoms with Crippen molar-refractivity contribution in [2.75, 3.05) is 5.32 Å². The number of amides is 1. The van der Waals surface area contributed by atoms with Crippen LogP contribution in [0.5, 0.6) is 0 Å². The number of furan rings is 1. The number of fused-ring (bicyclic) bond motifs is 1. The van der Waals surface area contributed by atoms with E-state index in [1.165, 1.54) is 41.1 Å². The highest BCUT2D eigenvalue weighted by Crippen LogP contribution is 2.17. The van der Waals surface area contributed by atoms with E-state index in [2.05, 4.69) is 20.4 Å². The van der Waals surface area contributed by atoms with Crippen LogP contribution in [-0.4, -0.2) is 25.5 Å². The summed E-state index contributed by atoms with van der Waals surface area (Å²) in [6.07, 6.45) is 1.47. The summed E-state index contributed by atoms with van der Waals surface area (Å²) in [5.74, 6) is -0.0208. The zero-order valence-corrected chi connectivity index (χ0v) is 12.6. The molecule has 4 rings (SSSR count). The number of anilines is 1. The van der Waals surface area contributed by atoms with Crippen LogP contribution in [0.2, 0.25) is 0 Å². The van der Waals surface area contributed by atoms with Gasteiger partial charge in [0.05, 0.1) is 6.26 Å². The molecule has 0 aliphatic rings. The first-order chi connectivity index (χ1) is 12.1. The lowest BCUT2D eigenvalue weighted by Gasteiger charge is -2.06. The molecular weight excluding hydrogens is 329 g/mol. The van der Waals surface area contributed by atoms with E-state index < -0.39 is 17.3 Å². The molecule has 25 heavy (non-hydrogen) atoms. The fourth-order valence-corrected chi connectivity index (χ4v) is 2.28. The monoisotopic (exact) mass is 339 g/mol. The van der Waals surface area contributed by atoms with Crippen molar-refractivity contribution in [3.8, 4) is 11.6 Å². The van der Waals surface area contributed by atoms with Crippen LogP contribution in [0, 0.1) is 5.82 Å².